The summed E-state index contributed by atoms with van der Waals surface area (Å²) < 4.78 is 11.4. The fraction of sp³-hybridized carbons (Fsp3) is 0.739. The Morgan fingerprint density at radius 2 is 2.17 bits per heavy atom. The van der Waals surface area contributed by atoms with Crippen LogP contribution in [0, 0.1) is 23.7 Å². The van der Waals surface area contributed by atoms with Gasteiger partial charge in [-0.3, -0.25) is 9.59 Å². The standard InChI is InChI=1S/C23H34O5.Ca.2H/c1-4-14(2)23(26)28-20-7-5-6-16-9-8-15(3)19(22(16)20)11-10-18-12-17(24)13-21(25)27-18;;;/h6,8-9,14-15,17-20,22,24H,4-5,7,10-13H2,1-3H3;;;/q;+2;2*-1/t14-,15-,17+,18+,19-,20-,22-;;;/m0.../s1. The molecule has 7 atom stereocenters. The van der Waals surface area contributed by atoms with Crippen LogP contribution in [0.1, 0.15) is 68.6 Å². The third kappa shape index (κ3) is 6.32. The molecule has 3 rings (SSSR count). The van der Waals surface area contributed by atoms with Crippen LogP contribution in [0.2, 0.25) is 0 Å². The SMILES string of the molecule is CC[C@H](C)C(=O)O[C@H]1CCC=C2C=C[C@H](C)[C@H](CC[C@@H]3C[C@@H](O)CC(=O)O3)[C@H]21.[Ca+2].[H-].[H-]. The van der Waals surface area contributed by atoms with Crippen LogP contribution in [0.5, 0.6) is 0 Å². The van der Waals surface area contributed by atoms with Crippen molar-refractivity contribution < 1.29 is 27.0 Å². The largest absolute Gasteiger partial charge is 2.00 e. The van der Waals surface area contributed by atoms with E-state index in [1.165, 1.54) is 5.57 Å². The number of carbonyl (C=O) groups is 2. The molecule has 1 N–H and O–H groups in total. The monoisotopic (exact) mass is 432 g/mol. The molecule has 2 aliphatic carbocycles. The molecule has 0 aromatic heterocycles. The number of cyclic esters (lactones) is 1. The van der Waals surface area contributed by atoms with E-state index in [4.69, 9.17) is 9.47 Å². The Labute approximate surface area is 207 Å². The maximum atomic E-state index is 12.4. The molecule has 3 aliphatic rings. The minimum absolute atomic E-state index is 0. The number of aliphatic hydroxyl groups is 1. The average Bonchev–Trinajstić information content (AvgIpc) is 2.66. The van der Waals surface area contributed by atoms with Gasteiger partial charge in [0.2, 0.25) is 0 Å². The molecule has 29 heavy (non-hydrogen) atoms. The van der Waals surface area contributed by atoms with Gasteiger partial charge in [0.15, 0.2) is 0 Å². The van der Waals surface area contributed by atoms with Crippen LogP contribution in [0.25, 0.3) is 0 Å². The van der Waals surface area contributed by atoms with Crippen LogP contribution in [-0.4, -0.2) is 73.1 Å². The first-order valence-electron chi connectivity index (χ1n) is 10.8. The number of fused-ring (bicyclic) bond motifs is 1. The predicted molar refractivity (Wildman–Crippen MR) is 114 cm³/mol. The third-order valence-electron chi connectivity index (χ3n) is 6.69. The van der Waals surface area contributed by atoms with E-state index in [1.54, 1.807) is 0 Å². The molecule has 1 fully saturated rings. The molecule has 5 nitrogen and oxygen atoms in total. The van der Waals surface area contributed by atoms with E-state index in [9.17, 15) is 14.7 Å². The molecule has 0 aromatic carbocycles. The first kappa shape index (κ1) is 24.9. The molecule has 0 amide bonds. The van der Waals surface area contributed by atoms with Crippen LogP contribution in [0.3, 0.4) is 0 Å². The van der Waals surface area contributed by atoms with Gasteiger partial charge in [-0.1, -0.05) is 39.0 Å². The topological polar surface area (TPSA) is 72.8 Å². The van der Waals surface area contributed by atoms with E-state index in [0.29, 0.717) is 18.3 Å². The third-order valence-corrected chi connectivity index (χ3v) is 6.69. The van der Waals surface area contributed by atoms with Crippen molar-refractivity contribution in [3.63, 3.8) is 0 Å². The minimum Gasteiger partial charge on any atom is -1.00 e. The van der Waals surface area contributed by atoms with Gasteiger partial charge in [-0.25, -0.2) is 0 Å². The van der Waals surface area contributed by atoms with Crippen LogP contribution in [-0.2, 0) is 19.1 Å². The summed E-state index contributed by atoms with van der Waals surface area (Å²) in [7, 11) is 0. The molecule has 0 spiro atoms. The molecule has 1 heterocycles. The Bertz CT molecular complexity index is 654. The van der Waals surface area contributed by atoms with E-state index in [2.05, 4.69) is 25.2 Å². The number of allylic oxidation sites excluding steroid dienone is 3. The van der Waals surface area contributed by atoms with Crippen LogP contribution >= 0.6 is 0 Å². The van der Waals surface area contributed by atoms with E-state index in [0.717, 1.165) is 32.1 Å². The van der Waals surface area contributed by atoms with E-state index >= 15 is 0 Å². The van der Waals surface area contributed by atoms with Crippen molar-refractivity contribution in [2.75, 3.05) is 0 Å². The number of hydrogen-bond acceptors (Lipinski definition) is 5. The summed E-state index contributed by atoms with van der Waals surface area (Å²) in [5, 5.41) is 9.86. The molecule has 0 radical (unpaired) electrons. The quantitative estimate of drug-likeness (QED) is 0.511. The molecular weight excluding hydrogens is 396 g/mol. The molecule has 0 unspecified atom stereocenters. The van der Waals surface area contributed by atoms with Crippen molar-refractivity contribution in [3.05, 3.63) is 23.8 Å². The number of aliphatic hydroxyl groups excluding tert-OH is 1. The van der Waals surface area contributed by atoms with Crippen molar-refractivity contribution in [2.24, 2.45) is 23.7 Å². The Balaban J connectivity index is 0.00000300. The summed E-state index contributed by atoms with van der Waals surface area (Å²) in [6, 6.07) is 0. The van der Waals surface area contributed by atoms with E-state index < -0.39 is 6.10 Å². The smallest absolute Gasteiger partial charge is 1.00 e. The van der Waals surface area contributed by atoms with Crippen molar-refractivity contribution in [2.45, 2.75) is 84.0 Å². The second kappa shape index (κ2) is 11.3. The number of ether oxygens (including phenoxy) is 2. The maximum Gasteiger partial charge on any atom is 2.00 e. The van der Waals surface area contributed by atoms with Gasteiger partial charge in [0.25, 0.3) is 0 Å². The second-order valence-corrected chi connectivity index (χ2v) is 8.76. The fourth-order valence-corrected chi connectivity index (χ4v) is 4.80. The van der Waals surface area contributed by atoms with Gasteiger partial charge in [-0.2, -0.15) is 0 Å². The zero-order valence-electron chi connectivity index (χ0n) is 20.0. The van der Waals surface area contributed by atoms with Crippen molar-refractivity contribution in [1.82, 2.24) is 0 Å². The molecular formula is C23H36CaO5. The second-order valence-electron chi connectivity index (χ2n) is 8.76. The maximum absolute atomic E-state index is 12.4. The summed E-state index contributed by atoms with van der Waals surface area (Å²) in [5.74, 6) is 0.426. The Hall–Kier alpha value is -0.360. The number of rotatable bonds is 6. The van der Waals surface area contributed by atoms with Crippen LogP contribution in [0.4, 0.5) is 0 Å². The summed E-state index contributed by atoms with van der Waals surface area (Å²) in [6.07, 6.45) is 10.6. The predicted octanol–water partition coefficient (Wildman–Crippen LogP) is 3.79. The number of carbonyl (C=O) groups excluding carboxylic acids is 2. The van der Waals surface area contributed by atoms with Crippen molar-refractivity contribution >= 4 is 49.7 Å². The molecule has 0 aromatic rings. The van der Waals surface area contributed by atoms with Crippen LogP contribution < -0.4 is 0 Å². The van der Waals surface area contributed by atoms with Crippen molar-refractivity contribution in [1.29, 1.82) is 0 Å². The zero-order valence-corrected chi connectivity index (χ0v) is 20.2. The van der Waals surface area contributed by atoms with Gasteiger partial charge < -0.3 is 17.4 Å². The Kier molecular flexibility index (Phi) is 9.72. The molecule has 160 valence electrons. The number of esters is 2. The zero-order chi connectivity index (χ0) is 20.3. The average molecular weight is 433 g/mol. The molecule has 0 bridgehead atoms. The first-order valence-corrected chi connectivity index (χ1v) is 10.8. The molecule has 6 heteroatoms. The number of hydrogen-bond donors (Lipinski definition) is 1. The Morgan fingerprint density at radius 3 is 2.86 bits per heavy atom. The summed E-state index contributed by atoms with van der Waals surface area (Å²) in [6.45, 7) is 6.14. The van der Waals surface area contributed by atoms with E-state index in [1.807, 2.05) is 13.8 Å². The van der Waals surface area contributed by atoms with E-state index in [-0.39, 0.29) is 83.0 Å². The van der Waals surface area contributed by atoms with Crippen LogP contribution in [0.15, 0.2) is 23.8 Å². The van der Waals surface area contributed by atoms with Gasteiger partial charge in [0.05, 0.1) is 18.4 Å². The molecule has 1 aliphatic heterocycles. The normalized spacial score (nSPS) is 34.9. The summed E-state index contributed by atoms with van der Waals surface area (Å²) in [5.41, 5.74) is 1.27. The minimum atomic E-state index is -0.593. The van der Waals surface area contributed by atoms with Gasteiger partial charge in [-0.15, -0.1) is 0 Å². The van der Waals surface area contributed by atoms with Gasteiger partial charge in [0.1, 0.15) is 12.2 Å². The summed E-state index contributed by atoms with van der Waals surface area (Å²) >= 11 is 0. The summed E-state index contributed by atoms with van der Waals surface area (Å²) in [4.78, 5) is 24.1. The van der Waals surface area contributed by atoms with Gasteiger partial charge in [-0.05, 0) is 49.5 Å². The Morgan fingerprint density at radius 1 is 1.41 bits per heavy atom. The molecule has 0 saturated carbocycles. The van der Waals surface area contributed by atoms with Crippen molar-refractivity contribution in [3.8, 4) is 0 Å². The first-order chi connectivity index (χ1) is 13.4. The van der Waals surface area contributed by atoms with Gasteiger partial charge >= 0.3 is 49.7 Å². The molecule has 1 saturated heterocycles. The van der Waals surface area contributed by atoms with Gasteiger partial charge in [0, 0.05) is 12.3 Å². The fourth-order valence-electron chi connectivity index (χ4n) is 4.80.